The molecule has 0 aromatic heterocycles. The molecular formula is C15H20N2O4S. The van der Waals surface area contributed by atoms with Gasteiger partial charge in [-0.05, 0) is 25.0 Å². The van der Waals surface area contributed by atoms with Crippen molar-refractivity contribution < 1.29 is 18.0 Å². The van der Waals surface area contributed by atoms with E-state index >= 15 is 0 Å². The van der Waals surface area contributed by atoms with E-state index in [0.29, 0.717) is 12.8 Å². The van der Waals surface area contributed by atoms with Crippen molar-refractivity contribution in [3.8, 4) is 0 Å². The molecule has 120 valence electrons. The minimum atomic E-state index is -3.91. The van der Waals surface area contributed by atoms with Crippen molar-refractivity contribution in [1.82, 2.24) is 4.90 Å². The Kier molecular flexibility index (Phi) is 4.55. The van der Waals surface area contributed by atoms with E-state index in [1.165, 1.54) is 19.1 Å². The second kappa shape index (κ2) is 6.08. The maximum atomic E-state index is 13.2. The predicted octanol–water partition coefficient (Wildman–Crippen LogP) is 2.05. The number of nitrogens with zero attached hydrogens (tertiary/aromatic N) is 1. The van der Waals surface area contributed by atoms with E-state index in [2.05, 4.69) is 0 Å². The number of imide groups is 1. The Balaban J connectivity index is 2.64. The van der Waals surface area contributed by atoms with E-state index in [1.807, 2.05) is 0 Å². The lowest BCUT2D eigenvalue weighted by atomic mass is 9.93. The van der Waals surface area contributed by atoms with Crippen LogP contribution >= 0.6 is 0 Å². The summed E-state index contributed by atoms with van der Waals surface area (Å²) in [6, 6.07) is 6.88. The number of urea groups is 1. The summed E-state index contributed by atoms with van der Waals surface area (Å²) in [5, 5.41) is 0. The average molecular weight is 324 g/mol. The lowest BCUT2D eigenvalue weighted by Gasteiger charge is -2.43. The van der Waals surface area contributed by atoms with Crippen molar-refractivity contribution in [3.63, 3.8) is 0 Å². The molecule has 6 nitrogen and oxygen atoms in total. The van der Waals surface area contributed by atoms with Gasteiger partial charge in [0, 0.05) is 6.92 Å². The first-order chi connectivity index (χ1) is 10.3. The minimum absolute atomic E-state index is 0.101. The second-order valence-corrected chi connectivity index (χ2v) is 7.75. The maximum Gasteiger partial charge on any atom is 0.322 e. The third-order valence-corrected chi connectivity index (χ3v) is 6.62. The summed E-state index contributed by atoms with van der Waals surface area (Å²) in [5.74, 6) is -0.645. The lowest BCUT2D eigenvalue weighted by molar-refractivity contribution is -0.129. The van der Waals surface area contributed by atoms with Gasteiger partial charge in [-0.1, -0.05) is 37.5 Å². The highest BCUT2D eigenvalue weighted by Gasteiger charge is 2.53. The molecule has 2 rings (SSSR count). The molecule has 0 spiro atoms. The third-order valence-electron chi connectivity index (χ3n) is 4.13. The number of carbonyl (C=O) groups excluding carboxylic acids is 2. The van der Waals surface area contributed by atoms with Gasteiger partial charge < -0.3 is 5.73 Å². The van der Waals surface area contributed by atoms with Gasteiger partial charge in [-0.3, -0.25) is 4.79 Å². The first kappa shape index (κ1) is 16.5. The van der Waals surface area contributed by atoms with Crippen molar-refractivity contribution in [2.45, 2.75) is 48.8 Å². The molecule has 1 aliphatic rings. The molecule has 0 saturated heterocycles. The molecule has 0 atom stereocenters. The predicted molar refractivity (Wildman–Crippen MR) is 81.5 cm³/mol. The van der Waals surface area contributed by atoms with Gasteiger partial charge in [0.05, 0.1) is 4.90 Å². The maximum absolute atomic E-state index is 13.2. The van der Waals surface area contributed by atoms with Crippen molar-refractivity contribution in [2.75, 3.05) is 0 Å². The van der Waals surface area contributed by atoms with Crippen molar-refractivity contribution in [1.29, 1.82) is 0 Å². The SMILES string of the molecule is CC(=O)N(C(N)=O)C1(S(=O)(=O)c2ccccc2)CCCCC1. The Hall–Kier alpha value is -1.89. The smallest absolute Gasteiger partial charge is 0.322 e. The molecule has 1 aromatic carbocycles. The van der Waals surface area contributed by atoms with Crippen LogP contribution in [-0.2, 0) is 14.6 Å². The van der Waals surface area contributed by atoms with E-state index in [9.17, 15) is 18.0 Å². The zero-order chi connectivity index (χ0) is 16.4. The highest BCUT2D eigenvalue weighted by molar-refractivity contribution is 7.92. The third kappa shape index (κ3) is 2.61. The van der Waals surface area contributed by atoms with Gasteiger partial charge in [-0.25, -0.2) is 18.1 Å². The Bertz CT molecular complexity index is 650. The molecule has 1 aliphatic carbocycles. The van der Waals surface area contributed by atoms with Gasteiger partial charge >= 0.3 is 6.03 Å². The van der Waals surface area contributed by atoms with Crippen LogP contribution in [0.25, 0.3) is 0 Å². The van der Waals surface area contributed by atoms with Crippen LogP contribution in [0.15, 0.2) is 35.2 Å². The van der Waals surface area contributed by atoms with Crippen LogP contribution in [0.2, 0.25) is 0 Å². The van der Waals surface area contributed by atoms with Gasteiger partial charge in [0.25, 0.3) is 0 Å². The van der Waals surface area contributed by atoms with Crippen molar-refractivity contribution >= 4 is 21.8 Å². The fraction of sp³-hybridized carbons (Fsp3) is 0.467. The molecule has 1 fully saturated rings. The number of nitrogens with two attached hydrogens (primary N) is 1. The fourth-order valence-corrected chi connectivity index (χ4v) is 5.42. The van der Waals surface area contributed by atoms with Gasteiger partial charge in [0.15, 0.2) is 4.87 Å². The number of hydrogen-bond donors (Lipinski definition) is 1. The van der Waals surface area contributed by atoms with Gasteiger partial charge in [0.2, 0.25) is 15.7 Å². The van der Waals surface area contributed by atoms with Gasteiger partial charge in [-0.2, -0.15) is 0 Å². The number of primary amides is 1. The molecule has 0 bridgehead atoms. The summed E-state index contributed by atoms with van der Waals surface area (Å²) >= 11 is 0. The van der Waals surface area contributed by atoms with Crippen LogP contribution in [0.5, 0.6) is 0 Å². The van der Waals surface area contributed by atoms with Crippen LogP contribution in [0.1, 0.15) is 39.0 Å². The van der Waals surface area contributed by atoms with E-state index < -0.39 is 26.6 Å². The first-order valence-electron chi connectivity index (χ1n) is 7.23. The Morgan fingerprint density at radius 3 is 2.09 bits per heavy atom. The Labute approximate surface area is 130 Å². The lowest BCUT2D eigenvalue weighted by Crippen LogP contribution is -2.61. The van der Waals surface area contributed by atoms with Gasteiger partial charge in [0.1, 0.15) is 0 Å². The molecule has 0 radical (unpaired) electrons. The van der Waals surface area contributed by atoms with Crippen molar-refractivity contribution in [3.05, 3.63) is 30.3 Å². The van der Waals surface area contributed by atoms with Crippen molar-refractivity contribution in [2.24, 2.45) is 5.73 Å². The van der Waals surface area contributed by atoms with Crippen LogP contribution in [0.3, 0.4) is 0 Å². The zero-order valence-corrected chi connectivity index (χ0v) is 13.3. The molecule has 7 heteroatoms. The molecular weight excluding hydrogens is 304 g/mol. The average Bonchev–Trinajstić information content (AvgIpc) is 2.48. The summed E-state index contributed by atoms with van der Waals surface area (Å²) in [6.07, 6.45) is 2.56. The molecule has 0 unspecified atom stereocenters. The van der Waals surface area contributed by atoms with E-state index in [0.717, 1.165) is 11.3 Å². The Morgan fingerprint density at radius 2 is 1.64 bits per heavy atom. The summed E-state index contributed by atoms with van der Waals surface area (Å²) in [5.41, 5.74) is 5.33. The topological polar surface area (TPSA) is 97.5 Å². The highest BCUT2D eigenvalue weighted by atomic mass is 32.2. The number of benzene rings is 1. The molecule has 1 saturated carbocycles. The standard InChI is InChI=1S/C15H20N2O4S/c1-12(18)17(14(16)19)15(10-6-3-7-11-15)22(20,21)13-8-4-2-5-9-13/h2,4-5,8-9H,3,6-7,10-11H2,1H3,(H2,16,19). The van der Waals surface area contributed by atoms with Crippen LogP contribution < -0.4 is 5.73 Å². The van der Waals surface area contributed by atoms with Crippen LogP contribution in [0.4, 0.5) is 4.79 Å². The number of hydrogen-bond acceptors (Lipinski definition) is 4. The molecule has 0 heterocycles. The van der Waals surface area contributed by atoms with Gasteiger partial charge in [-0.15, -0.1) is 0 Å². The molecule has 0 aliphatic heterocycles. The minimum Gasteiger partial charge on any atom is -0.351 e. The quantitative estimate of drug-likeness (QED) is 0.920. The van der Waals surface area contributed by atoms with E-state index in [4.69, 9.17) is 5.73 Å². The van der Waals surface area contributed by atoms with Crippen LogP contribution in [-0.4, -0.2) is 30.1 Å². The van der Waals surface area contributed by atoms with E-state index in [-0.39, 0.29) is 17.7 Å². The normalized spacial score (nSPS) is 17.7. The van der Waals surface area contributed by atoms with Crippen LogP contribution in [0, 0.1) is 0 Å². The number of sulfone groups is 1. The monoisotopic (exact) mass is 324 g/mol. The molecule has 3 amide bonds. The Morgan fingerprint density at radius 1 is 1.09 bits per heavy atom. The number of carbonyl (C=O) groups is 2. The number of rotatable bonds is 3. The van der Waals surface area contributed by atoms with E-state index in [1.54, 1.807) is 18.2 Å². The molecule has 22 heavy (non-hydrogen) atoms. The largest absolute Gasteiger partial charge is 0.351 e. The summed E-state index contributed by atoms with van der Waals surface area (Å²) in [7, 11) is -3.91. The summed E-state index contributed by atoms with van der Waals surface area (Å²) < 4.78 is 26.3. The molecule has 1 aromatic rings. The first-order valence-corrected chi connectivity index (χ1v) is 8.71. The summed E-state index contributed by atoms with van der Waals surface area (Å²) in [4.78, 5) is 23.0. The summed E-state index contributed by atoms with van der Waals surface area (Å²) in [6.45, 7) is 1.17. The number of amides is 3. The molecule has 2 N–H and O–H groups in total. The second-order valence-electron chi connectivity index (χ2n) is 5.52. The zero-order valence-electron chi connectivity index (χ0n) is 12.5. The fourth-order valence-electron chi connectivity index (χ4n) is 3.18. The highest BCUT2D eigenvalue weighted by Crippen LogP contribution is 2.41.